The van der Waals surface area contributed by atoms with Gasteiger partial charge in [0.2, 0.25) is 11.8 Å². The summed E-state index contributed by atoms with van der Waals surface area (Å²) in [5.74, 6) is -0.712. The van der Waals surface area contributed by atoms with E-state index in [-0.39, 0.29) is 23.7 Å². The molecule has 1 aromatic heterocycles. The minimum atomic E-state index is -0.276. The summed E-state index contributed by atoms with van der Waals surface area (Å²) in [6.45, 7) is 2.51. The van der Waals surface area contributed by atoms with E-state index in [0.29, 0.717) is 18.7 Å². The lowest BCUT2D eigenvalue weighted by Gasteiger charge is -2.08. The Hall–Kier alpha value is -3.21. The van der Waals surface area contributed by atoms with Gasteiger partial charge >= 0.3 is 0 Å². The average Bonchev–Trinajstić information content (AvgIpc) is 3.48. The van der Waals surface area contributed by atoms with E-state index in [9.17, 15) is 9.59 Å². The zero-order chi connectivity index (χ0) is 18.8. The van der Waals surface area contributed by atoms with Crippen LogP contribution in [0.5, 0.6) is 0 Å². The first-order valence-corrected chi connectivity index (χ1v) is 9.10. The number of para-hydroxylation sites is 1. The van der Waals surface area contributed by atoms with Gasteiger partial charge in [-0.3, -0.25) is 14.6 Å². The average molecular weight is 359 g/mol. The summed E-state index contributed by atoms with van der Waals surface area (Å²) in [4.78, 5) is 29.2. The van der Waals surface area contributed by atoms with Gasteiger partial charge in [-0.25, -0.2) is 0 Å². The van der Waals surface area contributed by atoms with E-state index in [2.05, 4.69) is 15.6 Å². The van der Waals surface area contributed by atoms with Crippen molar-refractivity contribution in [3.63, 3.8) is 0 Å². The number of nitrogens with one attached hydrogen (secondary N) is 2. The predicted molar refractivity (Wildman–Crippen MR) is 105 cm³/mol. The van der Waals surface area contributed by atoms with Gasteiger partial charge in [0.15, 0.2) is 0 Å². The molecule has 5 heteroatoms. The fraction of sp³-hybridized carbons (Fsp3) is 0.227. The Balaban J connectivity index is 1.35. The van der Waals surface area contributed by atoms with E-state index >= 15 is 0 Å². The van der Waals surface area contributed by atoms with E-state index in [0.717, 1.165) is 22.0 Å². The van der Waals surface area contributed by atoms with Gasteiger partial charge in [0.25, 0.3) is 0 Å². The molecule has 1 fully saturated rings. The lowest BCUT2D eigenvalue weighted by atomic mass is 10.1. The summed E-state index contributed by atoms with van der Waals surface area (Å²) in [6, 6.07) is 17.5. The lowest BCUT2D eigenvalue weighted by molar-refractivity contribution is -0.125. The number of fused-ring (bicyclic) bond motifs is 1. The molecular weight excluding hydrogens is 338 g/mol. The minimum Gasteiger partial charge on any atom is -0.352 e. The van der Waals surface area contributed by atoms with Crippen molar-refractivity contribution in [1.29, 1.82) is 0 Å². The van der Waals surface area contributed by atoms with E-state index in [1.807, 2.05) is 61.5 Å². The first-order valence-electron chi connectivity index (χ1n) is 9.10. The summed E-state index contributed by atoms with van der Waals surface area (Å²) in [6.07, 6.45) is 2.29. The molecule has 1 aliphatic rings. The van der Waals surface area contributed by atoms with Gasteiger partial charge in [-0.15, -0.1) is 0 Å². The van der Waals surface area contributed by atoms with Gasteiger partial charge < -0.3 is 10.6 Å². The monoisotopic (exact) mass is 359 g/mol. The van der Waals surface area contributed by atoms with Gasteiger partial charge in [0.05, 0.1) is 23.0 Å². The molecule has 1 saturated carbocycles. The van der Waals surface area contributed by atoms with Gasteiger partial charge in [-0.05, 0) is 31.0 Å². The fourth-order valence-electron chi connectivity index (χ4n) is 3.35. The molecule has 0 bridgehead atoms. The Morgan fingerprint density at radius 3 is 2.67 bits per heavy atom. The van der Waals surface area contributed by atoms with Crippen molar-refractivity contribution in [3.05, 3.63) is 71.9 Å². The van der Waals surface area contributed by atoms with Crippen molar-refractivity contribution in [2.45, 2.75) is 19.9 Å². The maximum Gasteiger partial charge on any atom is 0.228 e. The Morgan fingerprint density at radius 2 is 1.81 bits per heavy atom. The summed E-state index contributed by atoms with van der Waals surface area (Å²) < 4.78 is 0. The van der Waals surface area contributed by atoms with Crippen LogP contribution in [0.15, 0.2) is 60.8 Å². The normalized spacial score (nSPS) is 18.1. The van der Waals surface area contributed by atoms with Gasteiger partial charge in [-0.2, -0.15) is 0 Å². The first kappa shape index (κ1) is 17.2. The van der Waals surface area contributed by atoms with E-state index in [4.69, 9.17) is 0 Å². The number of hydrogen-bond acceptors (Lipinski definition) is 3. The zero-order valence-corrected chi connectivity index (χ0v) is 15.1. The van der Waals surface area contributed by atoms with Crippen LogP contribution in [-0.4, -0.2) is 16.8 Å². The number of carbonyl (C=O) groups is 2. The number of benzene rings is 2. The highest BCUT2D eigenvalue weighted by Gasteiger charge is 2.48. The van der Waals surface area contributed by atoms with Crippen LogP contribution in [0.4, 0.5) is 5.69 Å². The molecule has 4 rings (SSSR count). The highest BCUT2D eigenvalue weighted by atomic mass is 16.2. The van der Waals surface area contributed by atoms with E-state index < -0.39 is 0 Å². The number of amides is 2. The molecule has 0 radical (unpaired) electrons. The van der Waals surface area contributed by atoms with Gasteiger partial charge in [0.1, 0.15) is 0 Å². The van der Waals surface area contributed by atoms with Crippen molar-refractivity contribution in [3.8, 4) is 0 Å². The summed E-state index contributed by atoms with van der Waals surface area (Å²) in [5.41, 5.74) is 3.67. The summed E-state index contributed by atoms with van der Waals surface area (Å²) >= 11 is 0. The second-order valence-electron chi connectivity index (χ2n) is 7.03. The second-order valence-corrected chi connectivity index (χ2v) is 7.03. The molecule has 2 amide bonds. The SMILES string of the molecule is Cc1cccc(CNC(=O)C2CC2C(=O)Nc2cccc3cccnc23)c1. The molecule has 2 unspecified atom stereocenters. The van der Waals surface area contributed by atoms with Crippen LogP contribution in [0.2, 0.25) is 0 Å². The number of nitrogens with zero attached hydrogens (tertiary/aromatic N) is 1. The lowest BCUT2D eigenvalue weighted by Crippen LogP contribution is -2.27. The Kier molecular flexibility index (Phi) is 4.59. The predicted octanol–water partition coefficient (Wildman–Crippen LogP) is 3.43. The highest BCUT2D eigenvalue weighted by Crippen LogP contribution is 2.40. The third-order valence-corrected chi connectivity index (χ3v) is 4.90. The molecule has 2 aromatic carbocycles. The number of rotatable bonds is 5. The third-order valence-electron chi connectivity index (χ3n) is 4.90. The largest absolute Gasteiger partial charge is 0.352 e. The fourth-order valence-corrected chi connectivity index (χ4v) is 3.35. The van der Waals surface area contributed by atoms with Crippen LogP contribution in [0, 0.1) is 18.8 Å². The molecule has 1 heterocycles. The molecule has 0 spiro atoms. The van der Waals surface area contributed by atoms with Crippen LogP contribution >= 0.6 is 0 Å². The van der Waals surface area contributed by atoms with Gasteiger partial charge in [-0.1, -0.05) is 48.0 Å². The summed E-state index contributed by atoms with van der Waals surface area (Å²) in [7, 11) is 0. The van der Waals surface area contributed by atoms with Crippen LogP contribution in [-0.2, 0) is 16.1 Å². The molecule has 1 aliphatic carbocycles. The molecule has 136 valence electrons. The Bertz CT molecular complexity index is 1010. The number of carbonyl (C=O) groups excluding carboxylic acids is 2. The van der Waals surface area contributed by atoms with E-state index in [1.165, 1.54) is 0 Å². The summed E-state index contributed by atoms with van der Waals surface area (Å²) in [5, 5.41) is 6.84. The topological polar surface area (TPSA) is 71.1 Å². The van der Waals surface area contributed by atoms with Crippen molar-refractivity contribution in [2.75, 3.05) is 5.32 Å². The number of aromatic nitrogens is 1. The smallest absolute Gasteiger partial charge is 0.228 e. The molecule has 5 nitrogen and oxygen atoms in total. The third kappa shape index (κ3) is 3.82. The Labute approximate surface area is 157 Å². The quantitative estimate of drug-likeness (QED) is 0.733. The van der Waals surface area contributed by atoms with Crippen molar-refractivity contribution >= 4 is 28.4 Å². The van der Waals surface area contributed by atoms with Crippen LogP contribution in [0.25, 0.3) is 10.9 Å². The van der Waals surface area contributed by atoms with Crippen molar-refractivity contribution in [1.82, 2.24) is 10.3 Å². The molecule has 0 saturated heterocycles. The standard InChI is InChI=1S/C22H21N3O2/c1-14-5-2-6-15(11-14)13-24-21(26)17-12-18(17)22(27)25-19-9-3-7-16-8-4-10-23-20(16)19/h2-11,17-18H,12-13H2,1H3,(H,24,26)(H,25,27). The van der Waals surface area contributed by atoms with Crippen LogP contribution in [0.3, 0.4) is 0 Å². The second kappa shape index (κ2) is 7.19. The highest BCUT2D eigenvalue weighted by molar-refractivity contribution is 6.04. The number of anilines is 1. The Morgan fingerprint density at radius 1 is 1.04 bits per heavy atom. The molecule has 3 aromatic rings. The zero-order valence-electron chi connectivity index (χ0n) is 15.1. The minimum absolute atomic E-state index is 0.0623. The maximum atomic E-state index is 12.5. The first-order chi connectivity index (χ1) is 13.1. The van der Waals surface area contributed by atoms with E-state index in [1.54, 1.807) is 6.20 Å². The number of hydrogen-bond donors (Lipinski definition) is 2. The van der Waals surface area contributed by atoms with Crippen molar-refractivity contribution < 1.29 is 9.59 Å². The molecule has 27 heavy (non-hydrogen) atoms. The van der Waals surface area contributed by atoms with Crippen LogP contribution < -0.4 is 10.6 Å². The van der Waals surface area contributed by atoms with Crippen molar-refractivity contribution in [2.24, 2.45) is 11.8 Å². The maximum absolute atomic E-state index is 12.5. The molecule has 0 aliphatic heterocycles. The molecule has 2 atom stereocenters. The molecular formula is C22H21N3O2. The molecule has 2 N–H and O–H groups in total. The van der Waals surface area contributed by atoms with Gasteiger partial charge in [0, 0.05) is 18.1 Å². The van der Waals surface area contributed by atoms with Crippen LogP contribution in [0.1, 0.15) is 17.5 Å². The number of pyridine rings is 1. The number of aryl methyl sites for hydroxylation is 1.